The maximum Gasteiger partial charge on any atom is 0.311 e. The first kappa shape index (κ1) is 21.1. The number of amides is 2. The summed E-state index contributed by atoms with van der Waals surface area (Å²) >= 11 is 12.1. The normalized spacial score (nSPS) is 16.1. The molecule has 1 heterocycles. The second kappa shape index (κ2) is 8.84. The van der Waals surface area contributed by atoms with Crippen LogP contribution >= 0.6 is 23.2 Å². The third-order valence-corrected chi connectivity index (χ3v) is 5.30. The van der Waals surface area contributed by atoms with Crippen molar-refractivity contribution >= 4 is 52.4 Å². The second-order valence-electron chi connectivity index (χ2n) is 6.92. The van der Waals surface area contributed by atoms with Crippen LogP contribution in [0.4, 0.5) is 11.4 Å². The predicted octanol–water partition coefficient (Wildman–Crippen LogP) is 4.15. The molecule has 0 aromatic heterocycles. The van der Waals surface area contributed by atoms with Crippen LogP contribution in [0.15, 0.2) is 36.4 Å². The van der Waals surface area contributed by atoms with Crippen LogP contribution in [0.1, 0.15) is 17.5 Å². The van der Waals surface area contributed by atoms with Crippen LogP contribution in [0.5, 0.6) is 0 Å². The zero-order chi connectivity index (χ0) is 21.1. The summed E-state index contributed by atoms with van der Waals surface area (Å²) in [7, 11) is 0. The molecule has 3 rings (SSSR count). The van der Waals surface area contributed by atoms with Crippen molar-refractivity contribution in [3.8, 4) is 0 Å². The maximum absolute atomic E-state index is 12.4. The molecule has 0 unspecified atom stereocenters. The van der Waals surface area contributed by atoms with E-state index in [-0.39, 0.29) is 18.9 Å². The highest BCUT2D eigenvalue weighted by molar-refractivity contribution is 6.35. The van der Waals surface area contributed by atoms with Gasteiger partial charge in [-0.15, -0.1) is 0 Å². The van der Waals surface area contributed by atoms with Gasteiger partial charge >= 0.3 is 5.97 Å². The Labute approximate surface area is 178 Å². The summed E-state index contributed by atoms with van der Waals surface area (Å²) in [5.41, 5.74) is 2.99. The summed E-state index contributed by atoms with van der Waals surface area (Å²) in [6, 6.07) is 10.5. The first-order chi connectivity index (χ1) is 13.8. The summed E-state index contributed by atoms with van der Waals surface area (Å²) < 4.78 is 5.14. The molecule has 1 aliphatic rings. The van der Waals surface area contributed by atoms with Gasteiger partial charge in [0.25, 0.3) is 5.91 Å². The van der Waals surface area contributed by atoms with Gasteiger partial charge in [0.05, 0.1) is 16.6 Å². The number of hydrogen-bond acceptors (Lipinski definition) is 4. The van der Waals surface area contributed by atoms with Gasteiger partial charge in [-0.1, -0.05) is 41.4 Å². The van der Waals surface area contributed by atoms with Crippen molar-refractivity contribution in [1.29, 1.82) is 0 Å². The Morgan fingerprint density at radius 3 is 2.55 bits per heavy atom. The van der Waals surface area contributed by atoms with E-state index >= 15 is 0 Å². The minimum absolute atomic E-state index is 0.0137. The van der Waals surface area contributed by atoms with Crippen molar-refractivity contribution in [3.63, 3.8) is 0 Å². The molecule has 29 heavy (non-hydrogen) atoms. The van der Waals surface area contributed by atoms with Crippen LogP contribution in [-0.2, 0) is 19.1 Å². The van der Waals surface area contributed by atoms with Crippen molar-refractivity contribution in [3.05, 3.63) is 57.6 Å². The third kappa shape index (κ3) is 4.89. The van der Waals surface area contributed by atoms with Gasteiger partial charge in [-0.05, 0) is 43.2 Å². The number of ether oxygens (including phenoxy) is 1. The number of nitrogens with zero attached hydrogens (tertiary/aromatic N) is 1. The fourth-order valence-electron chi connectivity index (χ4n) is 3.23. The van der Waals surface area contributed by atoms with Gasteiger partial charge in [0.1, 0.15) is 0 Å². The monoisotopic (exact) mass is 434 g/mol. The molecule has 0 radical (unpaired) electrons. The number of anilines is 2. The molecule has 0 spiro atoms. The molecule has 0 bridgehead atoms. The van der Waals surface area contributed by atoms with Crippen LogP contribution in [0.2, 0.25) is 10.0 Å². The predicted molar refractivity (Wildman–Crippen MR) is 112 cm³/mol. The number of benzene rings is 2. The molecule has 1 atom stereocenters. The summed E-state index contributed by atoms with van der Waals surface area (Å²) in [6.45, 7) is 3.47. The van der Waals surface area contributed by atoms with Crippen LogP contribution in [0, 0.1) is 19.8 Å². The van der Waals surface area contributed by atoms with Gasteiger partial charge in [0, 0.05) is 23.7 Å². The zero-order valence-electron chi connectivity index (χ0n) is 16.0. The van der Waals surface area contributed by atoms with E-state index in [0.29, 0.717) is 21.4 Å². The number of halogens is 2. The van der Waals surface area contributed by atoms with Gasteiger partial charge in [-0.3, -0.25) is 14.4 Å². The molecule has 0 aliphatic carbocycles. The molecular formula is C21H20Cl2N2O4. The molecule has 0 saturated carbocycles. The van der Waals surface area contributed by atoms with Crippen LogP contribution in [0.25, 0.3) is 0 Å². The highest BCUT2D eigenvalue weighted by Gasteiger charge is 2.37. The van der Waals surface area contributed by atoms with Gasteiger partial charge in [-0.25, -0.2) is 0 Å². The van der Waals surface area contributed by atoms with E-state index in [1.165, 1.54) is 4.90 Å². The molecule has 8 heteroatoms. The Morgan fingerprint density at radius 1 is 1.17 bits per heavy atom. The van der Waals surface area contributed by atoms with Crippen molar-refractivity contribution in [2.24, 2.45) is 5.92 Å². The largest absolute Gasteiger partial charge is 0.455 e. The molecule has 2 aromatic carbocycles. The lowest BCUT2D eigenvalue weighted by atomic mass is 10.1. The SMILES string of the molecule is Cc1cccc(C)c1NC(=O)COC(=O)[C@@H]1CC(=O)N(c2cc(Cl)ccc2Cl)C1. The van der Waals surface area contributed by atoms with E-state index in [0.717, 1.165) is 11.1 Å². The lowest BCUT2D eigenvalue weighted by Crippen LogP contribution is -2.28. The Balaban J connectivity index is 1.58. The Morgan fingerprint density at radius 2 is 1.86 bits per heavy atom. The van der Waals surface area contributed by atoms with Crippen molar-refractivity contribution < 1.29 is 19.1 Å². The van der Waals surface area contributed by atoms with Gasteiger partial charge < -0.3 is 15.0 Å². The summed E-state index contributed by atoms with van der Waals surface area (Å²) in [5, 5.41) is 3.56. The fraction of sp³-hybridized carbons (Fsp3) is 0.286. The number of hydrogen-bond donors (Lipinski definition) is 1. The molecular weight excluding hydrogens is 415 g/mol. The first-order valence-corrected chi connectivity index (χ1v) is 9.80. The number of aryl methyl sites for hydroxylation is 2. The third-order valence-electron chi connectivity index (χ3n) is 4.75. The van der Waals surface area contributed by atoms with Crippen LogP contribution in [-0.4, -0.2) is 30.9 Å². The van der Waals surface area contributed by atoms with Gasteiger partial charge in [0.15, 0.2) is 6.61 Å². The van der Waals surface area contributed by atoms with Crippen LogP contribution < -0.4 is 10.2 Å². The van der Waals surface area contributed by atoms with E-state index < -0.39 is 24.4 Å². The number of carbonyl (C=O) groups is 3. The van der Waals surface area contributed by atoms with Gasteiger partial charge in [-0.2, -0.15) is 0 Å². The number of para-hydroxylation sites is 1. The molecule has 6 nitrogen and oxygen atoms in total. The smallest absolute Gasteiger partial charge is 0.311 e. The van der Waals surface area contributed by atoms with Crippen LogP contribution in [0.3, 0.4) is 0 Å². The molecule has 1 saturated heterocycles. The van der Waals surface area contributed by atoms with E-state index in [9.17, 15) is 14.4 Å². The quantitative estimate of drug-likeness (QED) is 0.717. The second-order valence-corrected chi connectivity index (χ2v) is 7.77. The van der Waals surface area contributed by atoms with Crippen molar-refractivity contribution in [2.75, 3.05) is 23.4 Å². The van der Waals surface area contributed by atoms with Crippen molar-refractivity contribution in [2.45, 2.75) is 20.3 Å². The average molecular weight is 435 g/mol. The first-order valence-electron chi connectivity index (χ1n) is 9.04. The number of rotatable bonds is 5. The van der Waals surface area contributed by atoms with Crippen molar-refractivity contribution in [1.82, 2.24) is 0 Å². The highest BCUT2D eigenvalue weighted by Crippen LogP contribution is 2.33. The van der Waals surface area contributed by atoms with E-state index in [1.807, 2.05) is 32.0 Å². The lowest BCUT2D eigenvalue weighted by Gasteiger charge is -2.18. The molecule has 1 N–H and O–H groups in total. The number of nitrogens with one attached hydrogen (secondary N) is 1. The number of esters is 1. The number of carbonyl (C=O) groups excluding carboxylic acids is 3. The molecule has 2 aromatic rings. The summed E-state index contributed by atoms with van der Waals surface area (Å²) in [6.07, 6.45) is -0.0137. The fourth-order valence-corrected chi connectivity index (χ4v) is 3.62. The zero-order valence-corrected chi connectivity index (χ0v) is 17.5. The highest BCUT2D eigenvalue weighted by atomic mass is 35.5. The topological polar surface area (TPSA) is 75.7 Å². The summed E-state index contributed by atoms with van der Waals surface area (Å²) in [5.74, 6) is -1.97. The molecule has 1 fully saturated rings. The van der Waals surface area contributed by atoms with E-state index in [1.54, 1.807) is 18.2 Å². The minimum atomic E-state index is -0.675. The minimum Gasteiger partial charge on any atom is -0.455 e. The molecule has 152 valence electrons. The van der Waals surface area contributed by atoms with Gasteiger partial charge in [0.2, 0.25) is 5.91 Å². The standard InChI is InChI=1S/C21H20Cl2N2O4/c1-12-4-3-5-13(2)20(12)24-18(26)11-29-21(28)14-8-19(27)25(10-14)17-9-15(22)6-7-16(17)23/h3-7,9,14H,8,10-11H2,1-2H3,(H,24,26)/t14-/m1/s1. The Kier molecular flexibility index (Phi) is 6.45. The molecule has 2 amide bonds. The Hall–Kier alpha value is -2.57. The van der Waals surface area contributed by atoms with E-state index in [2.05, 4.69) is 5.32 Å². The summed E-state index contributed by atoms with van der Waals surface area (Å²) in [4.78, 5) is 38.3. The average Bonchev–Trinajstić information content (AvgIpc) is 3.06. The van der Waals surface area contributed by atoms with E-state index in [4.69, 9.17) is 27.9 Å². The maximum atomic E-state index is 12.4. The molecule has 1 aliphatic heterocycles. The Bertz CT molecular complexity index is 957. The lowest BCUT2D eigenvalue weighted by molar-refractivity contribution is -0.151.